The molecule has 2 aromatic rings. The number of halogens is 7. The van der Waals surface area contributed by atoms with E-state index in [0.717, 1.165) is 18.3 Å². The molecule has 1 saturated carbocycles. The number of ether oxygens (including phenoxy) is 2. The molecule has 1 amide bonds. The molecule has 1 aromatic carbocycles. The van der Waals surface area contributed by atoms with Crippen LogP contribution in [0.1, 0.15) is 45.1 Å². The van der Waals surface area contributed by atoms with Gasteiger partial charge in [-0.05, 0) is 51.3 Å². The molecule has 0 spiro atoms. The van der Waals surface area contributed by atoms with Gasteiger partial charge in [0.25, 0.3) is 5.92 Å². The van der Waals surface area contributed by atoms with E-state index in [9.17, 15) is 26.7 Å². The summed E-state index contributed by atoms with van der Waals surface area (Å²) < 4.78 is 110. The first-order valence-electron chi connectivity index (χ1n) is 13.4. The van der Waals surface area contributed by atoms with Crippen LogP contribution >= 0.6 is 0 Å². The smallest absolute Gasteiger partial charge is 0.387 e. The van der Waals surface area contributed by atoms with Gasteiger partial charge in [0.05, 0.1) is 18.6 Å². The number of carbonyl (C=O) groups excluding carboxylic acids is 1. The largest absolute Gasteiger partial charge is 0.432 e. The van der Waals surface area contributed by atoms with Gasteiger partial charge in [-0.25, -0.2) is 22.0 Å². The second kappa shape index (κ2) is 12.9. The molecule has 1 N–H and O–H groups in total. The van der Waals surface area contributed by atoms with Gasteiger partial charge in [0.1, 0.15) is 29.5 Å². The van der Waals surface area contributed by atoms with Crippen LogP contribution in [0.3, 0.4) is 0 Å². The lowest BCUT2D eigenvalue weighted by Gasteiger charge is -2.42. The Kier molecular flexibility index (Phi) is 9.78. The van der Waals surface area contributed by atoms with Crippen LogP contribution in [0, 0.1) is 11.6 Å². The van der Waals surface area contributed by atoms with E-state index in [1.54, 1.807) is 0 Å². The molecular formula is C28H32F7N3O3. The van der Waals surface area contributed by atoms with Crippen molar-refractivity contribution in [2.75, 3.05) is 13.1 Å². The molecule has 4 rings (SSSR count). The van der Waals surface area contributed by atoms with Gasteiger partial charge in [-0.15, -0.1) is 0 Å². The molecule has 13 heteroatoms. The summed E-state index contributed by atoms with van der Waals surface area (Å²) in [4.78, 5) is 18.8. The fraction of sp³-hybridized carbons (Fsp3) is 0.571. The topological polar surface area (TPSA) is 63.7 Å². The van der Waals surface area contributed by atoms with Gasteiger partial charge in [-0.3, -0.25) is 14.7 Å². The molecule has 2 aliphatic rings. The Hall–Kier alpha value is -2.93. The number of piperidine rings is 1. The Labute approximate surface area is 233 Å². The number of likely N-dealkylation sites (tertiary alicyclic amines) is 1. The van der Waals surface area contributed by atoms with E-state index < -0.39 is 73.1 Å². The molecule has 0 unspecified atom stereocenters. The zero-order valence-electron chi connectivity index (χ0n) is 22.6. The van der Waals surface area contributed by atoms with Crippen molar-refractivity contribution < 1.29 is 45.0 Å². The predicted molar refractivity (Wildman–Crippen MR) is 136 cm³/mol. The van der Waals surface area contributed by atoms with Crippen molar-refractivity contribution in [3.05, 3.63) is 47.7 Å². The number of nitrogens with zero attached hydrogens (tertiary/aromatic N) is 2. The molecular weight excluding hydrogens is 559 g/mol. The molecule has 4 atom stereocenters. The van der Waals surface area contributed by atoms with Crippen molar-refractivity contribution in [2.45, 2.75) is 88.9 Å². The van der Waals surface area contributed by atoms with E-state index in [1.165, 1.54) is 6.07 Å². The van der Waals surface area contributed by atoms with Gasteiger partial charge in [-0.1, -0.05) is 0 Å². The normalized spacial score (nSPS) is 25.0. The maximum atomic E-state index is 15.0. The molecule has 0 bridgehead atoms. The van der Waals surface area contributed by atoms with Gasteiger partial charge < -0.3 is 14.8 Å². The summed E-state index contributed by atoms with van der Waals surface area (Å²) in [7, 11) is 0. The first kappa shape index (κ1) is 31.0. The van der Waals surface area contributed by atoms with Crippen molar-refractivity contribution in [3.8, 4) is 17.0 Å². The number of benzene rings is 1. The van der Waals surface area contributed by atoms with E-state index in [-0.39, 0.29) is 42.2 Å². The van der Waals surface area contributed by atoms with Crippen LogP contribution in [0.25, 0.3) is 11.3 Å². The molecule has 2 heterocycles. The summed E-state index contributed by atoms with van der Waals surface area (Å²) >= 11 is 0. The summed E-state index contributed by atoms with van der Waals surface area (Å²) in [6.07, 6.45) is -2.99. The van der Waals surface area contributed by atoms with Crippen molar-refractivity contribution in [3.63, 3.8) is 0 Å². The molecule has 1 aromatic heterocycles. The van der Waals surface area contributed by atoms with E-state index in [0.29, 0.717) is 19.0 Å². The Morgan fingerprint density at radius 3 is 2.49 bits per heavy atom. The Bertz CT molecular complexity index is 1200. The molecule has 6 nitrogen and oxygen atoms in total. The SMILES string of the molecule is CC(C)N1CC[C@H](O[C@H]2CCCC(F)(F)[C@@H]2NC(=O)Cc2ccnc(-c3cc(F)cc(F)c3)c2OC(F)F)[C@H](F)C1. The molecule has 41 heavy (non-hydrogen) atoms. The lowest BCUT2D eigenvalue weighted by molar-refractivity contribution is -0.166. The van der Waals surface area contributed by atoms with Gasteiger partial charge >= 0.3 is 6.61 Å². The second-order valence-corrected chi connectivity index (χ2v) is 10.7. The third-order valence-electron chi connectivity index (χ3n) is 7.42. The minimum absolute atomic E-state index is 0.106. The highest BCUT2D eigenvalue weighted by Gasteiger charge is 2.49. The van der Waals surface area contributed by atoms with Crippen molar-refractivity contribution in [1.29, 1.82) is 0 Å². The average molecular weight is 592 g/mol. The number of carbonyl (C=O) groups is 1. The Morgan fingerprint density at radius 2 is 1.85 bits per heavy atom. The van der Waals surface area contributed by atoms with E-state index >= 15 is 8.78 Å². The van der Waals surface area contributed by atoms with Crippen LogP contribution in [-0.2, 0) is 16.0 Å². The molecule has 226 valence electrons. The Morgan fingerprint density at radius 1 is 1.15 bits per heavy atom. The van der Waals surface area contributed by atoms with Crippen molar-refractivity contribution in [1.82, 2.24) is 15.2 Å². The number of hydrogen-bond donors (Lipinski definition) is 1. The monoisotopic (exact) mass is 591 g/mol. The summed E-state index contributed by atoms with van der Waals surface area (Å²) in [5.74, 6) is -6.94. The fourth-order valence-electron chi connectivity index (χ4n) is 5.37. The first-order chi connectivity index (χ1) is 19.3. The van der Waals surface area contributed by atoms with E-state index in [2.05, 4.69) is 15.0 Å². The van der Waals surface area contributed by atoms with Crippen LogP contribution in [0.5, 0.6) is 5.75 Å². The molecule has 1 aliphatic heterocycles. The van der Waals surface area contributed by atoms with Crippen LogP contribution in [0.2, 0.25) is 0 Å². The standard InChI is InChI=1S/C28H32F7N3O3/c1-15(2)38-9-6-21(20(31)14-38)40-22-4-3-7-28(34,35)26(22)37-23(39)12-16-5-8-36-24(25(16)41-27(32)33)17-10-18(29)13-19(30)11-17/h5,8,10-11,13,15,20-22,26-27H,3-4,6-7,9,12,14H2,1-2H3,(H,37,39)/t20-,21+,22+,26-/m1/s1. The Balaban J connectivity index is 1.53. The lowest BCUT2D eigenvalue weighted by Crippen LogP contribution is -2.59. The fourth-order valence-corrected chi connectivity index (χ4v) is 5.37. The molecule has 0 radical (unpaired) electrons. The van der Waals surface area contributed by atoms with Gasteiger partial charge in [0, 0.05) is 48.9 Å². The molecule has 1 aliphatic carbocycles. The number of hydrogen-bond acceptors (Lipinski definition) is 5. The number of nitrogens with one attached hydrogen (secondary N) is 1. The van der Waals surface area contributed by atoms with E-state index in [4.69, 9.17) is 4.74 Å². The number of aromatic nitrogens is 1. The zero-order chi connectivity index (χ0) is 29.9. The first-order valence-corrected chi connectivity index (χ1v) is 13.4. The minimum atomic E-state index is -3.38. The quantitative estimate of drug-likeness (QED) is 0.381. The highest BCUT2D eigenvalue weighted by atomic mass is 19.3. The van der Waals surface area contributed by atoms with Crippen molar-refractivity contribution in [2.24, 2.45) is 0 Å². The maximum absolute atomic E-state index is 15.0. The number of pyridine rings is 1. The predicted octanol–water partition coefficient (Wildman–Crippen LogP) is 5.68. The minimum Gasteiger partial charge on any atom is -0.432 e. The van der Waals surface area contributed by atoms with Crippen molar-refractivity contribution >= 4 is 5.91 Å². The summed E-state index contributed by atoms with van der Waals surface area (Å²) in [5, 5.41) is 2.27. The highest BCUT2D eigenvalue weighted by molar-refractivity contribution is 5.81. The second-order valence-electron chi connectivity index (χ2n) is 10.7. The zero-order valence-corrected chi connectivity index (χ0v) is 22.6. The summed E-state index contributed by atoms with van der Waals surface area (Å²) in [6, 6.07) is 1.78. The summed E-state index contributed by atoms with van der Waals surface area (Å²) in [6.45, 7) is 1.13. The van der Waals surface area contributed by atoms with Gasteiger partial charge in [0.15, 0.2) is 5.75 Å². The lowest BCUT2D eigenvalue weighted by atomic mass is 9.88. The number of rotatable bonds is 9. The van der Waals surface area contributed by atoms with Crippen LogP contribution < -0.4 is 10.1 Å². The number of amides is 1. The average Bonchev–Trinajstić information content (AvgIpc) is 2.87. The highest BCUT2D eigenvalue weighted by Crippen LogP contribution is 2.38. The van der Waals surface area contributed by atoms with Crippen LogP contribution in [0.15, 0.2) is 30.5 Å². The third-order valence-corrected chi connectivity index (χ3v) is 7.42. The summed E-state index contributed by atoms with van der Waals surface area (Å²) in [5.41, 5.74) is -0.754. The van der Waals surface area contributed by atoms with Gasteiger partial charge in [0.2, 0.25) is 5.91 Å². The third kappa shape index (κ3) is 7.68. The molecule has 2 fully saturated rings. The van der Waals surface area contributed by atoms with Crippen LogP contribution in [-0.4, -0.2) is 71.9 Å². The van der Waals surface area contributed by atoms with Crippen LogP contribution in [0.4, 0.5) is 30.7 Å². The maximum Gasteiger partial charge on any atom is 0.387 e. The number of alkyl halides is 5. The van der Waals surface area contributed by atoms with E-state index in [1.807, 2.05) is 18.7 Å². The molecule has 1 saturated heterocycles. The van der Waals surface area contributed by atoms with Gasteiger partial charge in [-0.2, -0.15) is 8.78 Å².